The van der Waals surface area contributed by atoms with Gasteiger partial charge in [0.2, 0.25) is 6.43 Å². The molecule has 5 nitrogen and oxygen atoms in total. The molecule has 0 atom stereocenters. The molecule has 190 valence electrons. The fourth-order valence-electron chi connectivity index (χ4n) is 2.95. The third-order valence-electron chi connectivity index (χ3n) is 4.93. The van der Waals surface area contributed by atoms with Crippen LogP contribution in [0, 0.1) is 0 Å². The summed E-state index contributed by atoms with van der Waals surface area (Å²) in [5.74, 6) is 2.35. The summed E-state index contributed by atoms with van der Waals surface area (Å²) in [4.78, 5) is 2.38. The number of hydrogen-bond acceptors (Lipinski definition) is 5. The number of halogens is 3. The van der Waals surface area contributed by atoms with Crippen LogP contribution >= 0.6 is 11.6 Å². The number of fused-ring (bicyclic) bond motifs is 1. The van der Waals surface area contributed by atoms with Gasteiger partial charge in [-0.1, -0.05) is 32.9 Å². The summed E-state index contributed by atoms with van der Waals surface area (Å²) in [6.45, 7) is 9.98. The summed E-state index contributed by atoms with van der Waals surface area (Å²) >= 11 is 5.24. The van der Waals surface area contributed by atoms with Gasteiger partial charge in [0.25, 0.3) is 0 Å². The van der Waals surface area contributed by atoms with E-state index in [1.54, 1.807) is 36.4 Å². The minimum Gasteiger partial charge on any atom is -0.508 e. The summed E-state index contributed by atoms with van der Waals surface area (Å²) in [5, 5.41) is 19.2. The van der Waals surface area contributed by atoms with Gasteiger partial charge in [-0.05, 0) is 68.9 Å². The summed E-state index contributed by atoms with van der Waals surface area (Å²) in [5.41, 5.74) is 0.597. The van der Waals surface area contributed by atoms with Gasteiger partial charge < -0.3 is 24.3 Å². The fourth-order valence-corrected chi connectivity index (χ4v) is 3.14. The molecule has 0 unspecified atom stereocenters. The average molecular weight is 500 g/mol. The van der Waals surface area contributed by atoms with E-state index in [-0.39, 0.29) is 18.8 Å². The first kappa shape index (κ1) is 29.7. The predicted octanol–water partition coefficient (Wildman–Crippen LogP) is 7.43. The lowest BCUT2D eigenvalue weighted by Gasteiger charge is -2.13. The smallest absolute Gasteiger partial charge is 0.238 e. The summed E-state index contributed by atoms with van der Waals surface area (Å²) < 4.78 is 33.9. The molecule has 8 heteroatoms. The maximum atomic E-state index is 11.3. The number of para-hydroxylation sites is 1. The molecule has 0 radical (unpaired) electrons. The highest BCUT2D eigenvalue weighted by molar-refractivity contribution is 6.17. The zero-order chi connectivity index (χ0) is 25.3. The zero-order valence-corrected chi connectivity index (χ0v) is 20.9. The van der Waals surface area contributed by atoms with Crippen molar-refractivity contribution in [1.29, 1.82) is 0 Å². The highest BCUT2D eigenvalue weighted by Crippen LogP contribution is 2.32. The number of benzene rings is 2. The van der Waals surface area contributed by atoms with E-state index < -0.39 is 6.43 Å². The summed E-state index contributed by atoms with van der Waals surface area (Å²) in [7, 11) is 0. The van der Waals surface area contributed by atoms with Crippen LogP contribution in [0.3, 0.4) is 0 Å². The SMILES string of the molecule is CCN(CC)CC.FC(F)CCCCCl.OCc1cc2cccc(Oc3ccc(O)cc3)c2o1. The van der Waals surface area contributed by atoms with Crippen molar-refractivity contribution in [2.45, 2.75) is 53.1 Å². The summed E-state index contributed by atoms with van der Waals surface area (Å²) in [6.07, 6.45) is -0.919. The first-order chi connectivity index (χ1) is 16.4. The molecule has 34 heavy (non-hydrogen) atoms. The van der Waals surface area contributed by atoms with Crippen molar-refractivity contribution in [2.24, 2.45) is 0 Å². The van der Waals surface area contributed by atoms with Crippen molar-refractivity contribution in [3.05, 3.63) is 54.3 Å². The van der Waals surface area contributed by atoms with E-state index in [2.05, 4.69) is 25.7 Å². The van der Waals surface area contributed by atoms with Gasteiger partial charge in [-0.25, -0.2) is 8.78 Å². The van der Waals surface area contributed by atoms with Gasteiger partial charge in [-0.2, -0.15) is 0 Å². The molecule has 0 aliphatic rings. The first-order valence-electron chi connectivity index (χ1n) is 11.5. The molecule has 0 aliphatic carbocycles. The van der Waals surface area contributed by atoms with Crippen LogP contribution in [0.1, 0.15) is 45.8 Å². The van der Waals surface area contributed by atoms with E-state index in [0.717, 1.165) is 5.39 Å². The lowest BCUT2D eigenvalue weighted by atomic mass is 10.2. The molecule has 0 aliphatic heterocycles. The van der Waals surface area contributed by atoms with Crippen molar-refractivity contribution in [1.82, 2.24) is 4.90 Å². The van der Waals surface area contributed by atoms with Gasteiger partial charge in [-0.15, -0.1) is 11.6 Å². The van der Waals surface area contributed by atoms with Crippen molar-refractivity contribution < 1.29 is 28.1 Å². The van der Waals surface area contributed by atoms with Gasteiger partial charge in [0, 0.05) is 17.7 Å². The Morgan fingerprint density at radius 2 is 1.65 bits per heavy atom. The number of ether oxygens (including phenoxy) is 1. The second-order valence-electron chi connectivity index (χ2n) is 7.34. The Labute approximate surface area is 205 Å². The van der Waals surface area contributed by atoms with Crippen LogP contribution in [-0.2, 0) is 6.61 Å². The molecule has 0 saturated heterocycles. The number of furan rings is 1. The first-order valence-corrected chi connectivity index (χ1v) is 12.1. The molecule has 1 aromatic heterocycles. The Kier molecular flexibility index (Phi) is 15.0. The van der Waals surface area contributed by atoms with Gasteiger partial charge in [0.15, 0.2) is 11.3 Å². The van der Waals surface area contributed by atoms with Gasteiger partial charge in [0.05, 0.1) is 0 Å². The molecule has 1 heterocycles. The van der Waals surface area contributed by atoms with E-state index in [9.17, 15) is 13.9 Å². The van der Waals surface area contributed by atoms with E-state index in [4.69, 9.17) is 25.9 Å². The second-order valence-corrected chi connectivity index (χ2v) is 7.71. The standard InChI is InChI=1S/C15H12O4.C6H15N.C5H9ClF2/c16-9-13-8-10-2-1-3-14(15(10)19-13)18-12-6-4-11(17)5-7-12;1-4-7(5-2)6-3;6-4-2-1-3-5(7)8/h1-8,16-17H,9H2;4-6H2,1-3H3;5H,1-4H2. The highest BCUT2D eigenvalue weighted by atomic mass is 35.5. The molecule has 0 spiro atoms. The van der Waals surface area contributed by atoms with Crippen LogP contribution in [0.2, 0.25) is 0 Å². The van der Waals surface area contributed by atoms with Gasteiger partial charge in [0.1, 0.15) is 23.9 Å². The van der Waals surface area contributed by atoms with Crippen LogP contribution in [0.15, 0.2) is 52.9 Å². The number of aliphatic hydroxyl groups excluding tert-OH is 1. The maximum Gasteiger partial charge on any atom is 0.238 e. The van der Waals surface area contributed by atoms with Crippen molar-refractivity contribution in [2.75, 3.05) is 25.5 Å². The topological polar surface area (TPSA) is 66.1 Å². The Hall–Kier alpha value is -2.35. The minimum absolute atomic E-state index is 0.00722. The molecule has 0 amide bonds. The highest BCUT2D eigenvalue weighted by Gasteiger charge is 2.09. The Bertz CT molecular complexity index is 909. The molecular formula is C26H36ClF2NO4. The molecule has 2 N–H and O–H groups in total. The molecule has 0 bridgehead atoms. The average Bonchev–Trinajstić information content (AvgIpc) is 3.27. The molecule has 3 aromatic rings. The van der Waals surface area contributed by atoms with Gasteiger partial charge >= 0.3 is 0 Å². The molecule has 0 fully saturated rings. The van der Waals surface area contributed by atoms with E-state index >= 15 is 0 Å². The fraction of sp³-hybridized carbons (Fsp3) is 0.462. The number of aromatic hydroxyl groups is 1. The number of aliphatic hydroxyl groups is 1. The minimum atomic E-state index is -2.15. The second kappa shape index (κ2) is 17.1. The Morgan fingerprint density at radius 3 is 2.15 bits per heavy atom. The van der Waals surface area contributed by atoms with E-state index in [1.807, 2.05) is 12.1 Å². The molecule has 2 aromatic carbocycles. The normalized spacial score (nSPS) is 10.6. The lowest BCUT2D eigenvalue weighted by molar-refractivity contribution is 0.134. The van der Waals surface area contributed by atoms with Crippen LogP contribution in [0.25, 0.3) is 11.0 Å². The van der Waals surface area contributed by atoms with Crippen LogP contribution in [0.5, 0.6) is 17.2 Å². The third-order valence-corrected chi connectivity index (χ3v) is 5.19. The number of alkyl halides is 3. The number of phenolic OH excluding ortho intramolecular Hbond substituents is 1. The van der Waals surface area contributed by atoms with Crippen LogP contribution in [-0.4, -0.2) is 47.1 Å². The largest absolute Gasteiger partial charge is 0.508 e. The van der Waals surface area contributed by atoms with E-state index in [1.165, 1.54) is 19.6 Å². The van der Waals surface area contributed by atoms with Crippen LogP contribution in [0.4, 0.5) is 8.78 Å². The summed E-state index contributed by atoms with van der Waals surface area (Å²) in [6, 6.07) is 13.8. The number of rotatable bonds is 10. The molecular weight excluding hydrogens is 464 g/mol. The number of nitrogens with zero attached hydrogens (tertiary/aromatic N) is 1. The Morgan fingerprint density at radius 1 is 1.00 bits per heavy atom. The number of hydrogen-bond donors (Lipinski definition) is 2. The number of phenols is 1. The van der Waals surface area contributed by atoms with E-state index in [0.29, 0.717) is 41.6 Å². The maximum absolute atomic E-state index is 11.3. The zero-order valence-electron chi connectivity index (χ0n) is 20.1. The molecule has 0 saturated carbocycles. The monoisotopic (exact) mass is 499 g/mol. The van der Waals surface area contributed by atoms with Crippen molar-refractivity contribution >= 4 is 22.6 Å². The number of unbranched alkanes of at least 4 members (excludes halogenated alkanes) is 1. The quantitative estimate of drug-likeness (QED) is 0.224. The van der Waals surface area contributed by atoms with Crippen molar-refractivity contribution in [3.63, 3.8) is 0 Å². The third kappa shape index (κ3) is 11.2. The lowest BCUT2D eigenvalue weighted by Crippen LogP contribution is -2.21. The van der Waals surface area contributed by atoms with Crippen molar-refractivity contribution in [3.8, 4) is 17.2 Å². The predicted molar refractivity (Wildman–Crippen MR) is 134 cm³/mol. The van der Waals surface area contributed by atoms with Crippen LogP contribution < -0.4 is 4.74 Å². The Balaban J connectivity index is 0.000000322. The molecule has 3 rings (SSSR count). The van der Waals surface area contributed by atoms with Gasteiger partial charge in [-0.3, -0.25) is 0 Å².